The van der Waals surface area contributed by atoms with Crippen molar-refractivity contribution in [2.24, 2.45) is 0 Å². The summed E-state index contributed by atoms with van der Waals surface area (Å²) in [4.78, 5) is 16.9. The Bertz CT molecular complexity index is 744. The highest BCUT2D eigenvalue weighted by Gasteiger charge is 2.19. The second kappa shape index (κ2) is 6.02. The first-order valence-electron chi connectivity index (χ1n) is 5.92. The Balaban J connectivity index is 2.17. The largest absolute Gasteiger partial charge is 0.347 e. The first-order chi connectivity index (χ1) is 9.88. The van der Waals surface area contributed by atoms with Gasteiger partial charge in [0.1, 0.15) is 10.7 Å². The van der Waals surface area contributed by atoms with E-state index in [-0.39, 0.29) is 18.1 Å². The number of sulfonamides is 1. The maximum Gasteiger partial charge on any atom is 0.243 e. The molecule has 2 rings (SSSR count). The molecule has 9 heteroatoms. The minimum absolute atomic E-state index is 0.0325. The summed E-state index contributed by atoms with van der Waals surface area (Å²) in [6, 6.07) is 3.36. The van der Waals surface area contributed by atoms with Gasteiger partial charge in [-0.15, -0.1) is 0 Å². The molecule has 7 nitrogen and oxygen atoms in total. The summed E-state index contributed by atoms with van der Waals surface area (Å²) in [5.74, 6) is -1.32. The van der Waals surface area contributed by atoms with Crippen molar-refractivity contribution in [2.75, 3.05) is 5.32 Å². The molecule has 1 heterocycles. The van der Waals surface area contributed by atoms with Gasteiger partial charge in [0.05, 0.1) is 12.9 Å². The van der Waals surface area contributed by atoms with Crippen molar-refractivity contribution in [3.8, 4) is 0 Å². The predicted octanol–water partition coefficient (Wildman–Crippen LogP) is 0.986. The topological polar surface area (TPSA) is 104 Å². The van der Waals surface area contributed by atoms with Crippen LogP contribution < -0.4 is 10.0 Å². The molecule has 2 aromatic rings. The number of rotatable bonds is 5. The van der Waals surface area contributed by atoms with Crippen LogP contribution in [0.2, 0.25) is 0 Å². The normalized spacial score (nSPS) is 11.3. The van der Waals surface area contributed by atoms with E-state index >= 15 is 0 Å². The van der Waals surface area contributed by atoms with Crippen LogP contribution in [0.5, 0.6) is 0 Å². The second-order valence-electron chi connectivity index (χ2n) is 4.23. The van der Waals surface area contributed by atoms with E-state index in [0.717, 1.165) is 12.1 Å². The van der Waals surface area contributed by atoms with Gasteiger partial charge in [-0.1, -0.05) is 0 Å². The third-order valence-corrected chi connectivity index (χ3v) is 3.98. The van der Waals surface area contributed by atoms with Gasteiger partial charge in [-0.25, -0.2) is 22.5 Å². The van der Waals surface area contributed by atoms with E-state index in [9.17, 15) is 17.6 Å². The lowest BCUT2D eigenvalue weighted by molar-refractivity contribution is -0.114. The molecule has 21 heavy (non-hydrogen) atoms. The van der Waals surface area contributed by atoms with E-state index in [1.807, 2.05) is 0 Å². The summed E-state index contributed by atoms with van der Waals surface area (Å²) in [5.41, 5.74) is 0.737. The number of carbonyl (C=O) groups excluding carboxylic acids is 1. The summed E-state index contributed by atoms with van der Waals surface area (Å²) in [5, 5.41) is 2.37. The van der Waals surface area contributed by atoms with E-state index in [0.29, 0.717) is 5.69 Å². The van der Waals surface area contributed by atoms with Gasteiger partial charge in [-0.05, 0) is 18.2 Å². The van der Waals surface area contributed by atoms with Gasteiger partial charge in [0, 0.05) is 24.5 Å². The molecule has 0 radical (unpaired) electrons. The van der Waals surface area contributed by atoms with Crippen molar-refractivity contribution in [3.05, 3.63) is 42.2 Å². The van der Waals surface area contributed by atoms with Crippen molar-refractivity contribution in [3.63, 3.8) is 0 Å². The highest BCUT2D eigenvalue weighted by atomic mass is 32.2. The Morgan fingerprint density at radius 3 is 2.76 bits per heavy atom. The lowest BCUT2D eigenvalue weighted by Gasteiger charge is -2.08. The fourth-order valence-corrected chi connectivity index (χ4v) is 2.70. The Kier molecular flexibility index (Phi) is 4.34. The van der Waals surface area contributed by atoms with Crippen LogP contribution in [0.4, 0.5) is 10.1 Å². The predicted molar refractivity (Wildman–Crippen MR) is 73.3 cm³/mol. The van der Waals surface area contributed by atoms with Gasteiger partial charge in [-0.3, -0.25) is 4.79 Å². The standard InChI is InChI=1S/C12H13FN4O3S/c1-8(18)17-9-2-3-12(11(13)4-9)21(19,20)16-6-10-5-14-7-15-10/h2-5,7,16H,6H2,1H3,(H,14,15)(H,17,18). The molecule has 0 spiro atoms. The third kappa shape index (κ3) is 3.86. The minimum Gasteiger partial charge on any atom is -0.347 e. The zero-order valence-corrected chi connectivity index (χ0v) is 11.9. The first kappa shape index (κ1) is 15.1. The quantitative estimate of drug-likeness (QED) is 0.765. The number of nitrogens with zero attached hydrogens (tertiary/aromatic N) is 1. The average Bonchev–Trinajstić information content (AvgIpc) is 2.88. The number of imidazole rings is 1. The fourth-order valence-electron chi connectivity index (χ4n) is 1.63. The molecule has 0 saturated heterocycles. The van der Waals surface area contributed by atoms with Crippen molar-refractivity contribution >= 4 is 21.6 Å². The Labute approximate surface area is 120 Å². The van der Waals surface area contributed by atoms with Crippen LogP contribution in [0.1, 0.15) is 12.6 Å². The Morgan fingerprint density at radius 1 is 1.43 bits per heavy atom. The summed E-state index contributed by atoms with van der Waals surface area (Å²) in [6.07, 6.45) is 2.87. The van der Waals surface area contributed by atoms with E-state index in [1.165, 1.54) is 25.5 Å². The van der Waals surface area contributed by atoms with E-state index < -0.39 is 20.7 Å². The van der Waals surface area contributed by atoms with Crippen molar-refractivity contribution in [1.82, 2.24) is 14.7 Å². The van der Waals surface area contributed by atoms with Crippen LogP contribution in [0.25, 0.3) is 0 Å². The fraction of sp³-hybridized carbons (Fsp3) is 0.167. The summed E-state index contributed by atoms with van der Waals surface area (Å²) >= 11 is 0. The van der Waals surface area contributed by atoms with E-state index in [2.05, 4.69) is 20.0 Å². The van der Waals surface area contributed by atoms with Crippen LogP contribution in [0.3, 0.4) is 0 Å². The molecule has 0 aliphatic carbocycles. The minimum atomic E-state index is -4.00. The molecule has 3 N–H and O–H groups in total. The molecule has 0 fully saturated rings. The number of halogens is 1. The molecule has 0 unspecified atom stereocenters. The summed E-state index contributed by atoms with van der Waals surface area (Å²) < 4.78 is 40.1. The van der Waals surface area contributed by atoms with Crippen molar-refractivity contribution in [2.45, 2.75) is 18.4 Å². The zero-order chi connectivity index (χ0) is 15.5. The molecule has 0 atom stereocenters. The number of amides is 1. The Hall–Kier alpha value is -2.26. The molecular weight excluding hydrogens is 299 g/mol. The molecule has 0 saturated carbocycles. The highest BCUT2D eigenvalue weighted by molar-refractivity contribution is 7.89. The van der Waals surface area contributed by atoms with Crippen molar-refractivity contribution < 1.29 is 17.6 Å². The first-order valence-corrected chi connectivity index (χ1v) is 7.41. The van der Waals surface area contributed by atoms with Crippen molar-refractivity contribution in [1.29, 1.82) is 0 Å². The number of hydrogen-bond acceptors (Lipinski definition) is 4. The van der Waals surface area contributed by atoms with Gasteiger partial charge in [0.25, 0.3) is 0 Å². The van der Waals surface area contributed by atoms with Gasteiger partial charge in [0.15, 0.2) is 0 Å². The lowest BCUT2D eigenvalue weighted by Crippen LogP contribution is -2.24. The zero-order valence-electron chi connectivity index (χ0n) is 11.1. The molecule has 1 amide bonds. The number of aromatic amines is 1. The van der Waals surface area contributed by atoms with Crippen LogP contribution in [0, 0.1) is 5.82 Å². The number of H-pyrrole nitrogens is 1. The molecule has 1 aromatic heterocycles. The SMILES string of the molecule is CC(=O)Nc1ccc(S(=O)(=O)NCc2cnc[nH]2)c(F)c1. The van der Waals surface area contributed by atoms with Crippen LogP contribution in [-0.2, 0) is 21.4 Å². The monoisotopic (exact) mass is 312 g/mol. The number of carbonyl (C=O) groups is 1. The number of aromatic nitrogens is 2. The van der Waals surface area contributed by atoms with Gasteiger partial charge in [-0.2, -0.15) is 0 Å². The van der Waals surface area contributed by atoms with Gasteiger partial charge >= 0.3 is 0 Å². The number of anilines is 1. The number of benzene rings is 1. The third-order valence-electron chi connectivity index (χ3n) is 2.55. The summed E-state index contributed by atoms with van der Waals surface area (Å²) in [6.45, 7) is 1.24. The van der Waals surface area contributed by atoms with Crippen LogP contribution >= 0.6 is 0 Å². The van der Waals surface area contributed by atoms with E-state index in [4.69, 9.17) is 0 Å². The Morgan fingerprint density at radius 2 is 2.19 bits per heavy atom. The number of hydrogen-bond donors (Lipinski definition) is 3. The molecule has 0 aliphatic heterocycles. The molecular formula is C12H13FN4O3S. The second-order valence-corrected chi connectivity index (χ2v) is 5.96. The highest BCUT2D eigenvalue weighted by Crippen LogP contribution is 2.19. The molecule has 1 aromatic carbocycles. The number of nitrogens with one attached hydrogen (secondary N) is 3. The summed E-state index contributed by atoms with van der Waals surface area (Å²) in [7, 11) is -4.00. The molecule has 0 aliphatic rings. The van der Waals surface area contributed by atoms with Gasteiger partial charge in [0.2, 0.25) is 15.9 Å². The van der Waals surface area contributed by atoms with Crippen LogP contribution in [-0.4, -0.2) is 24.3 Å². The van der Waals surface area contributed by atoms with Crippen LogP contribution in [0.15, 0.2) is 35.6 Å². The molecule has 0 bridgehead atoms. The van der Waals surface area contributed by atoms with E-state index in [1.54, 1.807) is 0 Å². The molecule has 112 valence electrons. The van der Waals surface area contributed by atoms with Gasteiger partial charge < -0.3 is 10.3 Å². The maximum atomic E-state index is 13.9. The smallest absolute Gasteiger partial charge is 0.243 e. The lowest BCUT2D eigenvalue weighted by atomic mass is 10.3. The average molecular weight is 312 g/mol. The maximum absolute atomic E-state index is 13.9.